The van der Waals surface area contributed by atoms with Crippen molar-refractivity contribution in [3.8, 4) is 17.2 Å². The van der Waals surface area contributed by atoms with Crippen LogP contribution in [0.15, 0.2) is 30.3 Å². The number of hydrogen-bond donors (Lipinski definition) is 3. The van der Waals surface area contributed by atoms with E-state index in [1.807, 2.05) is 18.2 Å². The van der Waals surface area contributed by atoms with E-state index < -0.39 is 12.1 Å². The average molecular weight is 468 g/mol. The van der Waals surface area contributed by atoms with E-state index in [4.69, 9.17) is 32.7 Å². The molecule has 0 unspecified atom stereocenters. The molecule has 2 aromatic rings. The topological polar surface area (TPSA) is 99.5 Å². The third-order valence-electron chi connectivity index (χ3n) is 5.81. The summed E-state index contributed by atoms with van der Waals surface area (Å²) in [4.78, 5) is 13.5. The maximum absolute atomic E-state index is 11.4. The molecule has 0 amide bonds. The Hall–Kier alpha value is -2.19. The number of carbonyl (C=O) groups is 1. The molecule has 1 saturated heterocycles. The monoisotopic (exact) mass is 467 g/mol. The van der Waals surface area contributed by atoms with Gasteiger partial charge in [0.05, 0.1) is 5.02 Å². The molecule has 1 atom stereocenters. The molecule has 2 heterocycles. The summed E-state index contributed by atoms with van der Waals surface area (Å²) in [5, 5.41) is 30.0. The van der Waals surface area contributed by atoms with Gasteiger partial charge in [-0.1, -0.05) is 23.2 Å². The fourth-order valence-electron chi connectivity index (χ4n) is 4.19. The Morgan fingerprint density at radius 1 is 1.23 bits per heavy atom. The quantitative estimate of drug-likeness (QED) is 0.596. The van der Waals surface area contributed by atoms with Crippen LogP contribution in [0.2, 0.25) is 10.0 Å². The summed E-state index contributed by atoms with van der Waals surface area (Å²) in [5.41, 5.74) is 0.741. The molecule has 0 radical (unpaired) electrons. The second kappa shape index (κ2) is 8.74. The van der Waals surface area contributed by atoms with Crippen LogP contribution in [0, 0.1) is 0 Å². The van der Waals surface area contributed by atoms with Gasteiger partial charge in [0.2, 0.25) is 0 Å². The number of likely N-dealkylation sites (tertiary alicyclic amines) is 1. The molecule has 0 aliphatic carbocycles. The van der Waals surface area contributed by atoms with Crippen LogP contribution < -0.4 is 9.47 Å². The fraction of sp³-hybridized carbons (Fsp3) is 0.409. The molecule has 2 aliphatic heterocycles. The van der Waals surface area contributed by atoms with Crippen LogP contribution in [0.1, 0.15) is 28.8 Å². The molecule has 2 aromatic carbocycles. The van der Waals surface area contributed by atoms with E-state index >= 15 is 0 Å². The summed E-state index contributed by atoms with van der Waals surface area (Å²) < 4.78 is 11.7. The molecule has 0 bridgehead atoms. The predicted molar refractivity (Wildman–Crippen MR) is 116 cm³/mol. The highest BCUT2D eigenvalue weighted by atomic mass is 35.5. The zero-order valence-corrected chi connectivity index (χ0v) is 18.2. The number of β-amino-alcohol motifs (C(OH)–C–C–N with tert-alkyl or cyclic N) is 1. The fourth-order valence-corrected chi connectivity index (χ4v) is 4.55. The number of carboxylic acid groups (broad SMARTS) is 1. The molecular formula is C22H23Cl2NO6. The van der Waals surface area contributed by atoms with Crippen molar-refractivity contribution in [2.75, 3.05) is 26.2 Å². The van der Waals surface area contributed by atoms with E-state index in [2.05, 4.69) is 4.90 Å². The number of rotatable bonds is 6. The number of phenols is 1. The highest BCUT2D eigenvalue weighted by Crippen LogP contribution is 2.42. The summed E-state index contributed by atoms with van der Waals surface area (Å²) in [6.07, 6.45) is 1.68. The van der Waals surface area contributed by atoms with Gasteiger partial charge in [0.1, 0.15) is 41.1 Å². The summed E-state index contributed by atoms with van der Waals surface area (Å²) in [7, 11) is 0. The van der Waals surface area contributed by atoms with Gasteiger partial charge in [-0.2, -0.15) is 0 Å². The number of halogens is 2. The number of aromatic carboxylic acids is 1. The number of hydrogen-bond acceptors (Lipinski definition) is 6. The van der Waals surface area contributed by atoms with Crippen LogP contribution in [0.25, 0.3) is 0 Å². The second-order valence-corrected chi connectivity index (χ2v) is 8.93. The van der Waals surface area contributed by atoms with Crippen molar-refractivity contribution in [2.45, 2.75) is 31.0 Å². The van der Waals surface area contributed by atoms with Gasteiger partial charge in [-0.15, -0.1) is 0 Å². The first-order valence-corrected chi connectivity index (χ1v) is 10.8. The molecule has 0 saturated carbocycles. The molecule has 9 heteroatoms. The Morgan fingerprint density at radius 3 is 2.68 bits per heavy atom. The standard InChI is InChI=1S/C22H23Cl2NO6/c23-14-1-2-19-13(7-14)10-22(31-19)3-5-25(6-4-22)11-15(26)12-30-20-9-18(27)17(24)8-16(20)21(28)29/h1-2,7-9,15,26-27H,3-6,10-12H2,(H,28,29)/t15-/m1/s1. The number of phenolic OH excluding ortho intramolecular Hbond substituents is 1. The van der Waals surface area contributed by atoms with Crippen molar-refractivity contribution in [3.05, 3.63) is 51.5 Å². The van der Waals surface area contributed by atoms with E-state index in [0.717, 1.165) is 55.8 Å². The van der Waals surface area contributed by atoms with Crippen LogP contribution in [-0.2, 0) is 6.42 Å². The molecule has 31 heavy (non-hydrogen) atoms. The number of ether oxygens (including phenoxy) is 2. The number of benzene rings is 2. The molecule has 0 aromatic heterocycles. The minimum atomic E-state index is -1.23. The highest BCUT2D eigenvalue weighted by Gasteiger charge is 2.42. The Labute approximate surface area is 189 Å². The van der Waals surface area contributed by atoms with Crippen molar-refractivity contribution in [3.63, 3.8) is 0 Å². The SMILES string of the molecule is O=C(O)c1cc(Cl)c(O)cc1OC[C@H](O)CN1CCC2(CC1)Cc1cc(Cl)ccc1O2. The molecule has 7 nitrogen and oxygen atoms in total. The molecule has 166 valence electrons. The molecule has 2 aliphatic rings. The van der Waals surface area contributed by atoms with Gasteiger partial charge in [0.15, 0.2) is 0 Å². The molecule has 3 N–H and O–H groups in total. The van der Waals surface area contributed by atoms with Crippen molar-refractivity contribution in [1.82, 2.24) is 4.90 Å². The van der Waals surface area contributed by atoms with Crippen LogP contribution in [0.4, 0.5) is 0 Å². The Kier molecular flexibility index (Phi) is 6.21. The second-order valence-electron chi connectivity index (χ2n) is 8.08. The van der Waals surface area contributed by atoms with Gasteiger partial charge >= 0.3 is 5.97 Å². The van der Waals surface area contributed by atoms with E-state index in [1.165, 1.54) is 0 Å². The number of nitrogens with zero attached hydrogens (tertiary/aromatic N) is 1. The number of piperidine rings is 1. The van der Waals surface area contributed by atoms with E-state index in [9.17, 15) is 20.1 Å². The summed E-state index contributed by atoms with van der Waals surface area (Å²) in [6, 6.07) is 7.97. The first-order valence-electron chi connectivity index (χ1n) is 10.0. The van der Waals surface area contributed by atoms with Crippen LogP contribution in [0.5, 0.6) is 17.2 Å². The van der Waals surface area contributed by atoms with Crippen molar-refractivity contribution < 1.29 is 29.6 Å². The first-order chi connectivity index (χ1) is 14.7. The van der Waals surface area contributed by atoms with E-state index in [-0.39, 0.29) is 34.3 Å². The van der Waals surface area contributed by atoms with Crippen molar-refractivity contribution in [2.24, 2.45) is 0 Å². The molecule has 1 spiro atoms. The Balaban J connectivity index is 1.29. The van der Waals surface area contributed by atoms with E-state index in [0.29, 0.717) is 11.6 Å². The van der Waals surface area contributed by atoms with Crippen LogP contribution >= 0.6 is 23.2 Å². The molecule has 4 rings (SSSR count). The van der Waals surface area contributed by atoms with Gasteiger partial charge in [0.25, 0.3) is 0 Å². The third kappa shape index (κ3) is 4.85. The van der Waals surface area contributed by atoms with Gasteiger partial charge in [0, 0.05) is 50.0 Å². The molecule has 1 fully saturated rings. The third-order valence-corrected chi connectivity index (χ3v) is 6.35. The van der Waals surface area contributed by atoms with Crippen molar-refractivity contribution in [1.29, 1.82) is 0 Å². The van der Waals surface area contributed by atoms with Gasteiger partial charge in [-0.25, -0.2) is 4.79 Å². The zero-order valence-electron chi connectivity index (χ0n) is 16.7. The largest absolute Gasteiger partial charge is 0.506 e. The number of fused-ring (bicyclic) bond motifs is 1. The molecular weight excluding hydrogens is 445 g/mol. The first kappa shape index (κ1) is 22.0. The summed E-state index contributed by atoms with van der Waals surface area (Å²) >= 11 is 11.9. The minimum absolute atomic E-state index is 0.0400. The van der Waals surface area contributed by atoms with Crippen molar-refractivity contribution >= 4 is 29.2 Å². The average Bonchev–Trinajstić information content (AvgIpc) is 3.07. The van der Waals surface area contributed by atoms with Gasteiger partial charge in [-0.3, -0.25) is 0 Å². The zero-order chi connectivity index (χ0) is 22.2. The highest BCUT2D eigenvalue weighted by molar-refractivity contribution is 6.32. The smallest absolute Gasteiger partial charge is 0.339 e. The summed E-state index contributed by atoms with van der Waals surface area (Å²) in [6.45, 7) is 1.81. The normalized spacial score (nSPS) is 18.4. The lowest BCUT2D eigenvalue weighted by atomic mass is 9.87. The summed E-state index contributed by atoms with van der Waals surface area (Å²) in [5.74, 6) is -0.656. The number of aliphatic hydroxyl groups is 1. The maximum Gasteiger partial charge on any atom is 0.339 e. The van der Waals surface area contributed by atoms with Crippen LogP contribution in [-0.4, -0.2) is 64.1 Å². The minimum Gasteiger partial charge on any atom is -0.506 e. The van der Waals surface area contributed by atoms with Gasteiger partial charge in [-0.05, 0) is 29.8 Å². The number of aromatic hydroxyl groups is 1. The number of aliphatic hydroxyl groups excluding tert-OH is 1. The Morgan fingerprint density at radius 2 is 1.97 bits per heavy atom. The predicted octanol–water partition coefficient (Wildman–Crippen LogP) is 3.61. The lowest BCUT2D eigenvalue weighted by Crippen LogP contribution is -2.49. The van der Waals surface area contributed by atoms with Gasteiger partial charge < -0.3 is 29.7 Å². The van der Waals surface area contributed by atoms with Crippen LogP contribution in [0.3, 0.4) is 0 Å². The Bertz CT molecular complexity index is 990. The lowest BCUT2D eigenvalue weighted by Gasteiger charge is -2.39. The van der Waals surface area contributed by atoms with E-state index in [1.54, 1.807) is 0 Å². The number of carboxylic acids is 1. The maximum atomic E-state index is 11.4. The lowest BCUT2D eigenvalue weighted by molar-refractivity contribution is -0.00203.